The van der Waals surface area contributed by atoms with Crippen LogP contribution in [-0.2, 0) is 9.47 Å². The van der Waals surface area contributed by atoms with Gasteiger partial charge in [-0.15, -0.1) is 0 Å². The van der Waals surface area contributed by atoms with E-state index in [4.69, 9.17) is 14.7 Å². The molecule has 17 heavy (non-hydrogen) atoms. The molecular weight excluding hydrogens is 223 g/mol. The summed E-state index contributed by atoms with van der Waals surface area (Å²) < 4.78 is 23.1. The minimum absolute atomic E-state index is 0.126. The molecule has 0 amide bonds. The minimum Gasteiger partial charge on any atom is -0.382 e. The Bertz CT molecular complexity index is 398. The van der Waals surface area contributed by atoms with Crippen LogP contribution >= 0.6 is 0 Å². The summed E-state index contributed by atoms with van der Waals surface area (Å²) in [4.78, 5) is 0. The predicted molar refractivity (Wildman–Crippen MR) is 62.3 cm³/mol. The summed E-state index contributed by atoms with van der Waals surface area (Å²) in [5.74, 6) is -0.389. The summed E-state index contributed by atoms with van der Waals surface area (Å²) in [6.07, 6.45) is 0. The fourth-order valence-electron chi connectivity index (χ4n) is 1.49. The standard InChI is InChI=1S/C12H15FN2O2/c1-16-7-11(8-17-2)15-12-5-10(13)4-3-9(12)6-14/h3-5,11,15H,7-8H2,1-2H3. The molecule has 1 aromatic carbocycles. The minimum atomic E-state index is -0.389. The van der Waals surface area contributed by atoms with E-state index in [0.29, 0.717) is 24.5 Å². The third kappa shape index (κ3) is 4.02. The Balaban J connectivity index is 2.84. The van der Waals surface area contributed by atoms with Gasteiger partial charge >= 0.3 is 0 Å². The zero-order valence-corrected chi connectivity index (χ0v) is 9.87. The van der Waals surface area contributed by atoms with Crippen LogP contribution in [0.2, 0.25) is 0 Å². The van der Waals surface area contributed by atoms with Gasteiger partial charge in [-0.05, 0) is 18.2 Å². The van der Waals surface area contributed by atoms with E-state index in [2.05, 4.69) is 5.32 Å². The number of nitrogens with zero attached hydrogens (tertiary/aromatic N) is 1. The topological polar surface area (TPSA) is 54.3 Å². The molecule has 0 aliphatic carbocycles. The smallest absolute Gasteiger partial charge is 0.125 e. The van der Waals surface area contributed by atoms with Crippen molar-refractivity contribution >= 4 is 5.69 Å². The number of nitrogens with one attached hydrogen (secondary N) is 1. The van der Waals surface area contributed by atoms with Crippen LogP contribution in [0.25, 0.3) is 0 Å². The number of nitriles is 1. The van der Waals surface area contributed by atoms with Gasteiger partial charge < -0.3 is 14.8 Å². The molecule has 0 bridgehead atoms. The van der Waals surface area contributed by atoms with E-state index in [1.54, 1.807) is 14.2 Å². The second kappa shape index (κ2) is 6.84. The Hall–Kier alpha value is -1.64. The molecular formula is C12H15FN2O2. The van der Waals surface area contributed by atoms with Gasteiger partial charge in [0.2, 0.25) is 0 Å². The van der Waals surface area contributed by atoms with Gasteiger partial charge in [-0.25, -0.2) is 4.39 Å². The van der Waals surface area contributed by atoms with Gasteiger partial charge in [-0.1, -0.05) is 0 Å². The molecule has 0 unspecified atom stereocenters. The Kier molecular flexibility index (Phi) is 5.40. The fraction of sp³-hybridized carbons (Fsp3) is 0.417. The Morgan fingerprint density at radius 2 is 2.00 bits per heavy atom. The second-order valence-corrected chi connectivity index (χ2v) is 3.55. The van der Waals surface area contributed by atoms with Crippen LogP contribution in [-0.4, -0.2) is 33.5 Å². The van der Waals surface area contributed by atoms with Gasteiger partial charge in [-0.3, -0.25) is 0 Å². The summed E-state index contributed by atoms with van der Waals surface area (Å²) in [6.45, 7) is 0.824. The number of hydrogen-bond donors (Lipinski definition) is 1. The van der Waals surface area contributed by atoms with Crippen LogP contribution in [0.15, 0.2) is 18.2 Å². The lowest BCUT2D eigenvalue weighted by Crippen LogP contribution is -2.30. The summed E-state index contributed by atoms with van der Waals surface area (Å²) in [5.41, 5.74) is 0.843. The van der Waals surface area contributed by atoms with Gasteiger partial charge in [0.05, 0.1) is 30.5 Å². The highest BCUT2D eigenvalue weighted by Gasteiger charge is 2.11. The molecule has 1 aromatic rings. The average Bonchev–Trinajstić information content (AvgIpc) is 2.30. The molecule has 1 rings (SSSR count). The second-order valence-electron chi connectivity index (χ2n) is 3.55. The molecule has 0 aromatic heterocycles. The number of rotatable bonds is 6. The monoisotopic (exact) mass is 238 g/mol. The van der Waals surface area contributed by atoms with Crippen molar-refractivity contribution in [1.82, 2.24) is 0 Å². The molecule has 1 N–H and O–H groups in total. The highest BCUT2D eigenvalue weighted by molar-refractivity contribution is 5.58. The molecule has 0 fully saturated rings. The number of methoxy groups -OCH3 is 2. The molecule has 0 atom stereocenters. The number of benzene rings is 1. The molecule has 0 radical (unpaired) electrons. The maximum atomic E-state index is 13.1. The number of ether oxygens (including phenoxy) is 2. The summed E-state index contributed by atoms with van der Waals surface area (Å²) in [6, 6.07) is 5.86. The molecule has 92 valence electrons. The lowest BCUT2D eigenvalue weighted by Gasteiger charge is -2.19. The van der Waals surface area contributed by atoms with E-state index >= 15 is 0 Å². The SMILES string of the molecule is COCC(COC)Nc1cc(F)ccc1C#N. The maximum absolute atomic E-state index is 13.1. The third-order valence-corrected chi connectivity index (χ3v) is 2.20. The molecule has 0 saturated heterocycles. The number of halogens is 1. The highest BCUT2D eigenvalue weighted by Crippen LogP contribution is 2.17. The molecule has 0 aliphatic rings. The molecule has 0 saturated carbocycles. The first-order valence-electron chi connectivity index (χ1n) is 5.15. The van der Waals surface area contributed by atoms with Gasteiger partial charge in [0, 0.05) is 14.2 Å². The van der Waals surface area contributed by atoms with Crippen molar-refractivity contribution in [3.05, 3.63) is 29.6 Å². The normalized spacial score (nSPS) is 10.3. The molecule has 0 aliphatic heterocycles. The first-order chi connectivity index (χ1) is 8.21. The zero-order chi connectivity index (χ0) is 12.7. The van der Waals surface area contributed by atoms with Crippen molar-refractivity contribution in [2.75, 3.05) is 32.8 Å². The third-order valence-electron chi connectivity index (χ3n) is 2.20. The number of hydrogen-bond acceptors (Lipinski definition) is 4. The average molecular weight is 238 g/mol. The quantitative estimate of drug-likeness (QED) is 0.820. The van der Waals surface area contributed by atoms with Gasteiger partial charge in [0.1, 0.15) is 11.9 Å². The number of anilines is 1. The van der Waals surface area contributed by atoms with Crippen molar-refractivity contribution in [2.45, 2.75) is 6.04 Å². The molecule has 0 spiro atoms. The lowest BCUT2D eigenvalue weighted by atomic mass is 10.1. The van der Waals surface area contributed by atoms with E-state index in [1.807, 2.05) is 6.07 Å². The lowest BCUT2D eigenvalue weighted by molar-refractivity contribution is 0.126. The van der Waals surface area contributed by atoms with E-state index in [1.165, 1.54) is 18.2 Å². The molecule has 5 heteroatoms. The van der Waals surface area contributed by atoms with Gasteiger partial charge in [0.15, 0.2) is 0 Å². The highest BCUT2D eigenvalue weighted by atomic mass is 19.1. The van der Waals surface area contributed by atoms with E-state index < -0.39 is 0 Å². The summed E-state index contributed by atoms with van der Waals surface area (Å²) >= 11 is 0. The van der Waals surface area contributed by atoms with Gasteiger partial charge in [0.25, 0.3) is 0 Å². The first-order valence-corrected chi connectivity index (χ1v) is 5.15. The predicted octanol–water partition coefficient (Wildman–Crippen LogP) is 1.77. The molecule has 4 nitrogen and oxygen atoms in total. The first kappa shape index (κ1) is 13.4. The Labute approximate surface area is 100.0 Å². The van der Waals surface area contributed by atoms with Crippen LogP contribution in [0, 0.1) is 17.1 Å². The van der Waals surface area contributed by atoms with E-state index in [9.17, 15) is 4.39 Å². The fourth-order valence-corrected chi connectivity index (χ4v) is 1.49. The Morgan fingerprint density at radius 1 is 1.35 bits per heavy atom. The van der Waals surface area contributed by atoms with Crippen LogP contribution in [0.1, 0.15) is 5.56 Å². The van der Waals surface area contributed by atoms with E-state index in [0.717, 1.165) is 0 Å². The van der Waals surface area contributed by atoms with Crippen molar-refractivity contribution in [1.29, 1.82) is 5.26 Å². The van der Waals surface area contributed by atoms with Crippen LogP contribution in [0.3, 0.4) is 0 Å². The summed E-state index contributed by atoms with van der Waals surface area (Å²) in [5, 5.41) is 11.9. The zero-order valence-electron chi connectivity index (χ0n) is 9.87. The van der Waals surface area contributed by atoms with Crippen LogP contribution < -0.4 is 5.32 Å². The van der Waals surface area contributed by atoms with Crippen molar-refractivity contribution in [3.8, 4) is 6.07 Å². The van der Waals surface area contributed by atoms with Crippen LogP contribution in [0.5, 0.6) is 0 Å². The largest absolute Gasteiger partial charge is 0.382 e. The van der Waals surface area contributed by atoms with Crippen LogP contribution in [0.4, 0.5) is 10.1 Å². The summed E-state index contributed by atoms with van der Waals surface area (Å²) in [7, 11) is 3.14. The van der Waals surface area contributed by atoms with Crippen molar-refractivity contribution in [3.63, 3.8) is 0 Å². The van der Waals surface area contributed by atoms with E-state index in [-0.39, 0.29) is 11.9 Å². The Morgan fingerprint density at radius 3 is 2.53 bits per heavy atom. The molecule has 0 heterocycles. The van der Waals surface area contributed by atoms with Crippen molar-refractivity contribution < 1.29 is 13.9 Å². The van der Waals surface area contributed by atoms with Gasteiger partial charge in [-0.2, -0.15) is 5.26 Å². The maximum Gasteiger partial charge on any atom is 0.125 e. The van der Waals surface area contributed by atoms with Crippen molar-refractivity contribution in [2.24, 2.45) is 0 Å².